The summed E-state index contributed by atoms with van der Waals surface area (Å²) in [5, 5.41) is 0. The van der Waals surface area contributed by atoms with Gasteiger partial charge in [-0.2, -0.15) is 0 Å². The van der Waals surface area contributed by atoms with E-state index in [4.69, 9.17) is 10.5 Å². The molecule has 0 aromatic heterocycles. The van der Waals surface area contributed by atoms with Crippen LogP contribution in [0.1, 0.15) is 49.8 Å². The summed E-state index contributed by atoms with van der Waals surface area (Å²) in [6.45, 7) is 11.1. The number of aryl methyl sites for hydroxylation is 2. The molecule has 1 aromatic carbocycles. The predicted molar refractivity (Wildman–Crippen MR) is 89.1 cm³/mol. The lowest BCUT2D eigenvalue weighted by Gasteiger charge is -2.37. The molecule has 1 aliphatic heterocycles. The highest BCUT2D eigenvalue weighted by Gasteiger charge is 2.32. The van der Waals surface area contributed by atoms with Crippen LogP contribution < -0.4 is 5.73 Å². The molecule has 0 saturated carbocycles. The first-order valence-corrected chi connectivity index (χ1v) is 7.97. The Morgan fingerprint density at radius 3 is 2.32 bits per heavy atom. The zero-order chi connectivity index (χ0) is 16.5. The molecule has 1 aromatic rings. The number of likely N-dealkylation sites (tertiary alicyclic amines) is 1. The van der Waals surface area contributed by atoms with Gasteiger partial charge in [0.05, 0.1) is 0 Å². The number of rotatable bonds is 1. The molecular formula is C18H28N2O2. The molecule has 1 aliphatic rings. The fourth-order valence-electron chi connectivity index (χ4n) is 3.11. The Labute approximate surface area is 133 Å². The second-order valence-corrected chi connectivity index (χ2v) is 7.41. The fourth-order valence-corrected chi connectivity index (χ4v) is 3.11. The highest BCUT2D eigenvalue weighted by molar-refractivity contribution is 5.68. The van der Waals surface area contributed by atoms with Gasteiger partial charge in [0.15, 0.2) is 0 Å². The van der Waals surface area contributed by atoms with Gasteiger partial charge >= 0.3 is 6.09 Å². The van der Waals surface area contributed by atoms with Crippen molar-refractivity contribution in [1.29, 1.82) is 0 Å². The van der Waals surface area contributed by atoms with Gasteiger partial charge in [-0.3, -0.25) is 0 Å². The van der Waals surface area contributed by atoms with Gasteiger partial charge in [0.2, 0.25) is 0 Å². The van der Waals surface area contributed by atoms with Crippen molar-refractivity contribution in [3.63, 3.8) is 0 Å². The maximum Gasteiger partial charge on any atom is 0.410 e. The number of nitrogens with zero attached hydrogens (tertiary/aromatic N) is 1. The molecule has 0 aliphatic carbocycles. The molecule has 1 fully saturated rings. The molecule has 2 atom stereocenters. The van der Waals surface area contributed by atoms with E-state index in [-0.39, 0.29) is 12.1 Å². The number of amides is 1. The summed E-state index contributed by atoms with van der Waals surface area (Å²) >= 11 is 0. The van der Waals surface area contributed by atoms with Crippen LogP contribution in [0.4, 0.5) is 4.79 Å². The number of carbonyl (C=O) groups is 1. The first-order valence-electron chi connectivity index (χ1n) is 7.97. The lowest BCUT2D eigenvalue weighted by molar-refractivity contribution is 0.0186. The molecule has 2 rings (SSSR count). The summed E-state index contributed by atoms with van der Waals surface area (Å²) in [5.74, 6) is 0.303. The summed E-state index contributed by atoms with van der Waals surface area (Å²) in [7, 11) is 0. The monoisotopic (exact) mass is 304 g/mol. The van der Waals surface area contributed by atoms with Gasteiger partial charge in [-0.15, -0.1) is 0 Å². The smallest absolute Gasteiger partial charge is 0.410 e. The first kappa shape index (κ1) is 16.8. The van der Waals surface area contributed by atoms with Crippen molar-refractivity contribution in [2.24, 2.45) is 5.73 Å². The van der Waals surface area contributed by atoms with E-state index in [0.29, 0.717) is 19.0 Å². The molecule has 2 N–H and O–H groups in total. The number of piperidine rings is 1. The van der Waals surface area contributed by atoms with Crippen LogP contribution >= 0.6 is 0 Å². The number of carbonyl (C=O) groups excluding carboxylic acids is 1. The lowest BCUT2D eigenvalue weighted by Crippen LogP contribution is -2.50. The highest BCUT2D eigenvalue weighted by Crippen LogP contribution is 2.29. The van der Waals surface area contributed by atoms with E-state index in [1.54, 1.807) is 4.90 Å². The van der Waals surface area contributed by atoms with Crippen LogP contribution in [-0.4, -0.2) is 35.7 Å². The van der Waals surface area contributed by atoms with Crippen LogP contribution in [0.25, 0.3) is 0 Å². The molecule has 2 unspecified atom stereocenters. The third-order valence-electron chi connectivity index (χ3n) is 3.98. The van der Waals surface area contributed by atoms with Crippen molar-refractivity contribution >= 4 is 6.09 Å². The minimum Gasteiger partial charge on any atom is -0.444 e. The van der Waals surface area contributed by atoms with E-state index in [9.17, 15) is 4.79 Å². The number of benzene rings is 1. The second kappa shape index (κ2) is 6.29. The largest absolute Gasteiger partial charge is 0.444 e. The van der Waals surface area contributed by atoms with E-state index in [1.807, 2.05) is 20.8 Å². The van der Waals surface area contributed by atoms with Crippen molar-refractivity contribution in [1.82, 2.24) is 4.90 Å². The average molecular weight is 304 g/mol. The molecule has 0 spiro atoms. The van der Waals surface area contributed by atoms with Gasteiger partial charge in [0.25, 0.3) is 0 Å². The van der Waals surface area contributed by atoms with E-state index < -0.39 is 5.60 Å². The third-order valence-corrected chi connectivity index (χ3v) is 3.98. The van der Waals surface area contributed by atoms with Crippen LogP contribution in [0.3, 0.4) is 0 Å². The quantitative estimate of drug-likeness (QED) is 0.865. The van der Waals surface area contributed by atoms with Crippen LogP contribution in [0, 0.1) is 13.8 Å². The molecule has 4 nitrogen and oxygen atoms in total. The number of hydrogen-bond acceptors (Lipinski definition) is 3. The molecular weight excluding hydrogens is 276 g/mol. The van der Waals surface area contributed by atoms with Crippen molar-refractivity contribution in [3.05, 3.63) is 34.9 Å². The number of nitrogens with two attached hydrogens (primary N) is 1. The molecule has 1 heterocycles. The van der Waals surface area contributed by atoms with Crippen molar-refractivity contribution in [2.45, 2.75) is 58.6 Å². The maximum absolute atomic E-state index is 12.2. The topological polar surface area (TPSA) is 55.6 Å². The second-order valence-electron chi connectivity index (χ2n) is 7.41. The Hall–Kier alpha value is -1.55. The van der Waals surface area contributed by atoms with Gasteiger partial charge in [0.1, 0.15) is 5.60 Å². The van der Waals surface area contributed by atoms with Gasteiger partial charge < -0.3 is 15.4 Å². The molecule has 122 valence electrons. The standard InChI is InChI=1S/C18H28N2O2/c1-12-8-13(2)10-14(9-12)15-6-7-20(11-16(15)19)17(21)22-18(3,4)5/h8-10,15-16H,6-7,11,19H2,1-5H3. The third kappa shape index (κ3) is 4.23. The summed E-state index contributed by atoms with van der Waals surface area (Å²) in [4.78, 5) is 13.9. The first-order chi connectivity index (χ1) is 10.2. The van der Waals surface area contributed by atoms with Crippen LogP contribution in [0.15, 0.2) is 18.2 Å². The van der Waals surface area contributed by atoms with Gasteiger partial charge in [-0.1, -0.05) is 29.3 Å². The molecule has 22 heavy (non-hydrogen) atoms. The minimum absolute atomic E-state index is 0.0533. The molecule has 0 radical (unpaired) electrons. The van der Waals surface area contributed by atoms with Gasteiger partial charge in [-0.25, -0.2) is 4.79 Å². The van der Waals surface area contributed by atoms with E-state index >= 15 is 0 Å². The zero-order valence-corrected chi connectivity index (χ0v) is 14.3. The van der Waals surface area contributed by atoms with Crippen LogP contribution in [-0.2, 0) is 4.74 Å². The highest BCUT2D eigenvalue weighted by atomic mass is 16.6. The summed E-state index contributed by atoms with van der Waals surface area (Å²) < 4.78 is 5.44. The molecule has 0 bridgehead atoms. The Kier molecular flexibility index (Phi) is 4.81. The Morgan fingerprint density at radius 1 is 1.23 bits per heavy atom. The van der Waals surface area contributed by atoms with Crippen molar-refractivity contribution < 1.29 is 9.53 Å². The summed E-state index contributed by atoms with van der Waals surface area (Å²) in [5.41, 5.74) is 9.69. The summed E-state index contributed by atoms with van der Waals surface area (Å²) in [6, 6.07) is 6.54. The normalized spacial score (nSPS) is 22.5. The van der Waals surface area contributed by atoms with Gasteiger partial charge in [-0.05, 0) is 46.6 Å². The maximum atomic E-state index is 12.2. The van der Waals surface area contributed by atoms with E-state index in [0.717, 1.165) is 6.42 Å². The SMILES string of the molecule is Cc1cc(C)cc(C2CCN(C(=O)OC(C)(C)C)CC2N)c1. The van der Waals surface area contributed by atoms with Crippen LogP contribution in [0.5, 0.6) is 0 Å². The minimum atomic E-state index is -0.467. The van der Waals surface area contributed by atoms with Gasteiger partial charge in [0, 0.05) is 25.0 Å². The fraction of sp³-hybridized carbons (Fsp3) is 0.611. The lowest BCUT2D eigenvalue weighted by atomic mass is 9.84. The van der Waals surface area contributed by atoms with Crippen molar-refractivity contribution in [3.8, 4) is 0 Å². The zero-order valence-electron chi connectivity index (χ0n) is 14.3. The average Bonchev–Trinajstić information content (AvgIpc) is 2.35. The van der Waals surface area contributed by atoms with Crippen molar-refractivity contribution in [2.75, 3.05) is 13.1 Å². The summed E-state index contributed by atoms with van der Waals surface area (Å²) in [6.07, 6.45) is 0.616. The number of ether oxygens (including phenoxy) is 1. The Bertz CT molecular complexity index is 528. The molecule has 1 amide bonds. The van der Waals surface area contributed by atoms with E-state index in [2.05, 4.69) is 32.0 Å². The number of hydrogen-bond donors (Lipinski definition) is 1. The van der Waals surface area contributed by atoms with E-state index in [1.165, 1.54) is 16.7 Å². The Morgan fingerprint density at radius 2 is 1.82 bits per heavy atom. The van der Waals surface area contributed by atoms with Crippen LogP contribution in [0.2, 0.25) is 0 Å². The Balaban J connectivity index is 2.05. The molecule has 1 saturated heterocycles. The molecule has 4 heteroatoms. The predicted octanol–water partition coefficient (Wildman–Crippen LogP) is 3.36.